The van der Waals surface area contributed by atoms with Crippen molar-refractivity contribution in [2.24, 2.45) is 0 Å². The van der Waals surface area contributed by atoms with Crippen LogP contribution in [0.2, 0.25) is 0 Å². The Morgan fingerprint density at radius 3 is 2.39 bits per heavy atom. The van der Waals surface area contributed by atoms with E-state index in [1.165, 1.54) is 22.5 Å². The van der Waals surface area contributed by atoms with Gasteiger partial charge in [0.05, 0.1) is 4.90 Å². The van der Waals surface area contributed by atoms with Gasteiger partial charge in [0, 0.05) is 24.0 Å². The van der Waals surface area contributed by atoms with Crippen LogP contribution in [0.25, 0.3) is 21.7 Å². The summed E-state index contributed by atoms with van der Waals surface area (Å²) in [6, 6.07) is 28.1. The summed E-state index contributed by atoms with van der Waals surface area (Å²) in [5.74, 6) is -1.37. The summed E-state index contributed by atoms with van der Waals surface area (Å²) in [5, 5.41) is 11.9. The zero-order valence-electron chi connectivity index (χ0n) is 19.7. The second kappa shape index (κ2) is 9.60. The van der Waals surface area contributed by atoms with E-state index in [2.05, 4.69) is 0 Å². The predicted octanol–water partition coefficient (Wildman–Crippen LogP) is 6.03. The van der Waals surface area contributed by atoms with Crippen molar-refractivity contribution in [2.75, 3.05) is 6.54 Å². The normalized spacial score (nSPS) is 11.9. The number of furan rings is 1. The maximum Gasteiger partial charge on any atom is 0.372 e. The highest BCUT2D eigenvalue weighted by molar-refractivity contribution is 7.89. The van der Waals surface area contributed by atoms with Crippen LogP contribution in [0.3, 0.4) is 0 Å². The standard InChI is InChI=1S/C29H25NO5S/c1-20-26-18-24(14-15-27(26)35-28(20)29(31)32)36(33,34)30(17-16-21-8-3-2-4-9-21)19-23-12-7-11-22-10-5-6-13-25(22)23/h2-15,18H,16-17,19H2,1H3,(H,31,32). The number of carboxylic acids is 1. The van der Waals surface area contributed by atoms with E-state index in [-0.39, 0.29) is 17.2 Å². The van der Waals surface area contributed by atoms with Crippen molar-refractivity contribution < 1.29 is 22.7 Å². The van der Waals surface area contributed by atoms with Crippen LogP contribution in [0.1, 0.15) is 27.2 Å². The summed E-state index contributed by atoms with van der Waals surface area (Å²) in [7, 11) is -3.91. The summed E-state index contributed by atoms with van der Waals surface area (Å²) < 4.78 is 34.9. The summed E-state index contributed by atoms with van der Waals surface area (Å²) in [5.41, 5.74) is 2.70. The van der Waals surface area contributed by atoms with Crippen LogP contribution in [0.15, 0.2) is 100 Å². The number of benzene rings is 4. The van der Waals surface area contributed by atoms with Crippen LogP contribution in [-0.4, -0.2) is 30.3 Å². The fourth-order valence-electron chi connectivity index (χ4n) is 4.52. The lowest BCUT2D eigenvalue weighted by atomic mass is 10.0. The molecule has 0 saturated carbocycles. The minimum absolute atomic E-state index is 0.101. The molecule has 0 aliphatic heterocycles. The van der Waals surface area contributed by atoms with Crippen LogP contribution in [0.5, 0.6) is 0 Å². The largest absolute Gasteiger partial charge is 0.475 e. The van der Waals surface area contributed by atoms with Crippen molar-refractivity contribution in [3.8, 4) is 0 Å². The van der Waals surface area contributed by atoms with Gasteiger partial charge in [-0.2, -0.15) is 4.31 Å². The molecule has 0 aliphatic carbocycles. The van der Waals surface area contributed by atoms with E-state index < -0.39 is 16.0 Å². The molecule has 0 radical (unpaired) electrons. The highest BCUT2D eigenvalue weighted by Gasteiger charge is 2.27. The Bertz CT molecular complexity index is 1670. The molecule has 182 valence electrons. The Kier molecular flexibility index (Phi) is 6.35. The quantitative estimate of drug-likeness (QED) is 0.282. The molecule has 5 rings (SSSR count). The second-order valence-electron chi connectivity index (χ2n) is 8.73. The van der Waals surface area contributed by atoms with Crippen LogP contribution in [0.4, 0.5) is 0 Å². The Morgan fingerprint density at radius 1 is 0.889 bits per heavy atom. The van der Waals surface area contributed by atoms with Crippen LogP contribution in [0, 0.1) is 6.92 Å². The number of rotatable bonds is 8. The van der Waals surface area contributed by atoms with Crippen molar-refractivity contribution in [3.05, 3.63) is 113 Å². The minimum Gasteiger partial charge on any atom is -0.475 e. The second-order valence-corrected chi connectivity index (χ2v) is 10.7. The predicted molar refractivity (Wildman–Crippen MR) is 140 cm³/mol. The molecule has 0 saturated heterocycles. The van der Waals surface area contributed by atoms with E-state index in [1.807, 2.05) is 72.8 Å². The van der Waals surface area contributed by atoms with E-state index in [0.29, 0.717) is 29.5 Å². The molecule has 7 heteroatoms. The van der Waals surface area contributed by atoms with E-state index in [1.54, 1.807) is 6.92 Å². The summed E-state index contributed by atoms with van der Waals surface area (Å²) >= 11 is 0. The number of hydrogen-bond donors (Lipinski definition) is 1. The van der Waals surface area contributed by atoms with Gasteiger partial charge in [-0.15, -0.1) is 0 Å². The van der Waals surface area contributed by atoms with Crippen molar-refractivity contribution in [1.82, 2.24) is 4.31 Å². The Labute approximate surface area is 209 Å². The molecule has 0 atom stereocenters. The number of sulfonamides is 1. The molecule has 4 aromatic carbocycles. The van der Waals surface area contributed by atoms with Crippen molar-refractivity contribution >= 4 is 37.7 Å². The number of fused-ring (bicyclic) bond motifs is 2. The molecule has 0 unspecified atom stereocenters. The Morgan fingerprint density at radius 2 is 1.61 bits per heavy atom. The van der Waals surface area contributed by atoms with Gasteiger partial charge >= 0.3 is 5.97 Å². The molecule has 0 bridgehead atoms. The van der Waals surface area contributed by atoms with Gasteiger partial charge in [-0.05, 0) is 53.4 Å². The van der Waals surface area contributed by atoms with Gasteiger partial charge < -0.3 is 9.52 Å². The molecule has 0 spiro atoms. The molecule has 0 amide bonds. The van der Waals surface area contributed by atoms with E-state index in [0.717, 1.165) is 21.9 Å². The first-order chi connectivity index (χ1) is 17.3. The molecular formula is C29H25NO5S. The maximum atomic E-state index is 14.0. The Hall–Kier alpha value is -3.94. The van der Waals surface area contributed by atoms with Crippen LogP contribution < -0.4 is 0 Å². The minimum atomic E-state index is -3.91. The zero-order valence-corrected chi connectivity index (χ0v) is 20.5. The number of hydrogen-bond acceptors (Lipinski definition) is 4. The number of nitrogens with zero attached hydrogens (tertiary/aromatic N) is 1. The first kappa shape index (κ1) is 23.8. The van der Waals surface area contributed by atoms with Gasteiger partial charge in [0.25, 0.3) is 0 Å². The average Bonchev–Trinajstić information content (AvgIpc) is 3.23. The zero-order chi connectivity index (χ0) is 25.3. The lowest BCUT2D eigenvalue weighted by Gasteiger charge is -2.23. The van der Waals surface area contributed by atoms with Gasteiger partial charge in [-0.25, -0.2) is 13.2 Å². The van der Waals surface area contributed by atoms with E-state index >= 15 is 0 Å². The number of aryl methyl sites for hydroxylation is 1. The number of carboxylic acid groups (broad SMARTS) is 1. The van der Waals surface area contributed by atoms with Gasteiger partial charge in [0.1, 0.15) is 5.58 Å². The first-order valence-electron chi connectivity index (χ1n) is 11.6. The number of carbonyl (C=O) groups is 1. The first-order valence-corrected chi connectivity index (χ1v) is 13.1. The molecule has 0 aliphatic rings. The maximum absolute atomic E-state index is 14.0. The van der Waals surface area contributed by atoms with Gasteiger partial charge in [0.15, 0.2) is 0 Å². The van der Waals surface area contributed by atoms with Gasteiger partial charge in [0.2, 0.25) is 15.8 Å². The SMILES string of the molecule is Cc1c(C(=O)O)oc2ccc(S(=O)(=O)N(CCc3ccccc3)Cc3cccc4ccccc34)cc12. The summed E-state index contributed by atoms with van der Waals surface area (Å²) in [4.78, 5) is 11.6. The van der Waals surface area contributed by atoms with Gasteiger partial charge in [-0.3, -0.25) is 0 Å². The van der Waals surface area contributed by atoms with E-state index in [4.69, 9.17) is 4.42 Å². The average molecular weight is 500 g/mol. The molecule has 6 nitrogen and oxygen atoms in total. The van der Waals surface area contributed by atoms with Crippen LogP contribution in [-0.2, 0) is 23.0 Å². The molecular weight excluding hydrogens is 474 g/mol. The van der Waals surface area contributed by atoms with Crippen molar-refractivity contribution in [3.63, 3.8) is 0 Å². The molecule has 1 aromatic heterocycles. The molecule has 5 aromatic rings. The highest BCUT2D eigenvalue weighted by Crippen LogP contribution is 2.30. The fourth-order valence-corrected chi connectivity index (χ4v) is 5.96. The van der Waals surface area contributed by atoms with Crippen molar-refractivity contribution in [2.45, 2.75) is 24.8 Å². The monoisotopic (exact) mass is 499 g/mol. The molecule has 0 fully saturated rings. The summed E-state index contributed by atoms with van der Waals surface area (Å²) in [6.07, 6.45) is 0.557. The third kappa shape index (κ3) is 4.51. The Balaban J connectivity index is 1.56. The topological polar surface area (TPSA) is 87.8 Å². The molecule has 1 heterocycles. The van der Waals surface area contributed by atoms with Gasteiger partial charge in [-0.1, -0.05) is 72.8 Å². The third-order valence-electron chi connectivity index (χ3n) is 6.46. The highest BCUT2D eigenvalue weighted by atomic mass is 32.2. The smallest absolute Gasteiger partial charge is 0.372 e. The summed E-state index contributed by atoms with van der Waals surface area (Å²) in [6.45, 7) is 2.12. The molecule has 1 N–H and O–H groups in total. The lowest BCUT2D eigenvalue weighted by molar-refractivity contribution is 0.0664. The van der Waals surface area contributed by atoms with Crippen LogP contribution >= 0.6 is 0 Å². The number of aromatic carboxylic acids is 1. The van der Waals surface area contributed by atoms with E-state index in [9.17, 15) is 18.3 Å². The molecule has 36 heavy (non-hydrogen) atoms. The third-order valence-corrected chi connectivity index (χ3v) is 8.30. The fraction of sp³-hybridized carbons (Fsp3) is 0.138. The lowest BCUT2D eigenvalue weighted by Crippen LogP contribution is -2.32. The van der Waals surface area contributed by atoms with Crippen molar-refractivity contribution in [1.29, 1.82) is 0 Å².